The van der Waals surface area contributed by atoms with E-state index in [-0.39, 0.29) is 17.7 Å². The molecule has 0 N–H and O–H groups in total. The van der Waals surface area contributed by atoms with Crippen LogP contribution in [0.5, 0.6) is 0 Å². The number of ether oxygens (including phenoxy) is 1. The molecule has 0 spiro atoms. The molecule has 92 valence electrons. The minimum absolute atomic E-state index is 0.208. The van der Waals surface area contributed by atoms with Crippen molar-refractivity contribution in [1.82, 2.24) is 0 Å². The van der Waals surface area contributed by atoms with Crippen LogP contribution in [-0.2, 0) is 9.53 Å². The van der Waals surface area contributed by atoms with Crippen LogP contribution in [0.3, 0.4) is 0 Å². The summed E-state index contributed by atoms with van der Waals surface area (Å²) in [5, 5.41) is 1.41. The lowest BCUT2D eigenvalue weighted by Gasteiger charge is -2.23. The maximum absolute atomic E-state index is 13.7. The fourth-order valence-electron chi connectivity index (χ4n) is 2.46. The lowest BCUT2D eigenvalue weighted by Crippen LogP contribution is -2.19. The third kappa shape index (κ3) is 1.91. The fraction of sp³-hybridized carbons (Fsp3) is 0.267. The molecule has 3 rings (SSSR count). The highest BCUT2D eigenvalue weighted by Gasteiger charge is 2.23. The standard InChI is InChI=1S/C15H13FO2/c16-14-6-2-3-11-12(14)4-1-5-13(11)15-9-10(17)7-8-18-15/h1-6,15H,7-9H2. The summed E-state index contributed by atoms with van der Waals surface area (Å²) in [7, 11) is 0. The van der Waals surface area contributed by atoms with Gasteiger partial charge in [-0.05, 0) is 17.0 Å². The van der Waals surface area contributed by atoms with E-state index in [1.54, 1.807) is 12.1 Å². The molecule has 2 aromatic rings. The van der Waals surface area contributed by atoms with E-state index < -0.39 is 0 Å². The van der Waals surface area contributed by atoms with Gasteiger partial charge in [-0.15, -0.1) is 0 Å². The zero-order chi connectivity index (χ0) is 12.5. The quantitative estimate of drug-likeness (QED) is 0.768. The number of hydrogen-bond acceptors (Lipinski definition) is 2. The number of rotatable bonds is 1. The van der Waals surface area contributed by atoms with E-state index in [0.29, 0.717) is 24.8 Å². The molecule has 3 heteroatoms. The average molecular weight is 244 g/mol. The van der Waals surface area contributed by atoms with Crippen molar-refractivity contribution in [2.45, 2.75) is 18.9 Å². The first-order chi connectivity index (χ1) is 8.75. The summed E-state index contributed by atoms with van der Waals surface area (Å²) in [6.45, 7) is 0.454. The molecule has 0 amide bonds. The normalized spacial score (nSPS) is 20.3. The number of carbonyl (C=O) groups excluding carboxylic acids is 1. The predicted octanol–water partition coefficient (Wildman–Crippen LogP) is 3.40. The predicted molar refractivity (Wildman–Crippen MR) is 66.8 cm³/mol. The number of fused-ring (bicyclic) bond motifs is 1. The fourth-order valence-corrected chi connectivity index (χ4v) is 2.46. The molecule has 1 aliphatic heterocycles. The maximum atomic E-state index is 13.7. The Kier molecular flexibility index (Phi) is 2.84. The van der Waals surface area contributed by atoms with Gasteiger partial charge >= 0.3 is 0 Å². The van der Waals surface area contributed by atoms with E-state index in [4.69, 9.17) is 4.74 Å². The third-order valence-electron chi connectivity index (χ3n) is 3.36. The van der Waals surface area contributed by atoms with Gasteiger partial charge in [0.15, 0.2) is 0 Å². The second-order valence-corrected chi connectivity index (χ2v) is 4.53. The molecule has 1 atom stereocenters. The molecule has 0 saturated carbocycles. The second kappa shape index (κ2) is 4.50. The molecule has 1 heterocycles. The minimum Gasteiger partial charge on any atom is -0.373 e. The Hall–Kier alpha value is -1.74. The van der Waals surface area contributed by atoms with Crippen molar-refractivity contribution in [3.05, 3.63) is 47.8 Å². The SMILES string of the molecule is O=C1CCOC(c2cccc3c(F)cccc23)C1. The van der Waals surface area contributed by atoms with Gasteiger partial charge in [0.1, 0.15) is 11.6 Å². The molecular formula is C15H13FO2. The molecule has 2 aromatic carbocycles. The van der Waals surface area contributed by atoms with E-state index in [1.807, 2.05) is 18.2 Å². The number of halogens is 1. The summed E-state index contributed by atoms with van der Waals surface area (Å²) in [5.41, 5.74) is 0.903. The van der Waals surface area contributed by atoms with Crippen molar-refractivity contribution in [1.29, 1.82) is 0 Å². The van der Waals surface area contributed by atoms with Crippen LogP contribution in [-0.4, -0.2) is 12.4 Å². The van der Waals surface area contributed by atoms with Gasteiger partial charge < -0.3 is 4.74 Å². The van der Waals surface area contributed by atoms with Crippen LogP contribution < -0.4 is 0 Å². The largest absolute Gasteiger partial charge is 0.373 e. The van der Waals surface area contributed by atoms with Gasteiger partial charge in [-0.2, -0.15) is 0 Å². The molecular weight excluding hydrogens is 231 g/mol. The Balaban J connectivity index is 2.11. The van der Waals surface area contributed by atoms with Gasteiger partial charge in [0.2, 0.25) is 0 Å². The highest BCUT2D eigenvalue weighted by atomic mass is 19.1. The van der Waals surface area contributed by atoms with Crippen molar-refractivity contribution in [3.8, 4) is 0 Å². The number of benzene rings is 2. The van der Waals surface area contributed by atoms with Crippen LogP contribution in [0.1, 0.15) is 24.5 Å². The van der Waals surface area contributed by atoms with E-state index >= 15 is 0 Å². The van der Waals surface area contributed by atoms with Crippen LogP contribution in [0.15, 0.2) is 36.4 Å². The van der Waals surface area contributed by atoms with Gasteiger partial charge in [-0.3, -0.25) is 4.79 Å². The smallest absolute Gasteiger partial charge is 0.138 e. The van der Waals surface area contributed by atoms with E-state index in [9.17, 15) is 9.18 Å². The summed E-state index contributed by atoms with van der Waals surface area (Å²) >= 11 is 0. The van der Waals surface area contributed by atoms with Crippen molar-refractivity contribution >= 4 is 16.6 Å². The number of hydrogen-bond donors (Lipinski definition) is 0. The highest BCUT2D eigenvalue weighted by Crippen LogP contribution is 2.32. The zero-order valence-corrected chi connectivity index (χ0v) is 9.86. The van der Waals surface area contributed by atoms with E-state index in [1.165, 1.54) is 6.07 Å². The molecule has 0 aromatic heterocycles. The van der Waals surface area contributed by atoms with Crippen molar-refractivity contribution in [3.63, 3.8) is 0 Å². The van der Waals surface area contributed by atoms with Gasteiger partial charge in [0, 0.05) is 18.2 Å². The van der Waals surface area contributed by atoms with Crippen LogP contribution in [0.25, 0.3) is 10.8 Å². The maximum Gasteiger partial charge on any atom is 0.138 e. The van der Waals surface area contributed by atoms with Gasteiger partial charge in [0.25, 0.3) is 0 Å². The molecule has 0 bridgehead atoms. The molecule has 0 aliphatic carbocycles. The van der Waals surface area contributed by atoms with E-state index in [2.05, 4.69) is 0 Å². The lowest BCUT2D eigenvalue weighted by molar-refractivity contribution is -0.128. The number of carbonyl (C=O) groups is 1. The second-order valence-electron chi connectivity index (χ2n) is 4.53. The Morgan fingerprint density at radius 1 is 1.11 bits per heavy atom. The number of ketones is 1. The molecule has 1 aliphatic rings. The van der Waals surface area contributed by atoms with Crippen molar-refractivity contribution in [2.75, 3.05) is 6.61 Å². The van der Waals surface area contributed by atoms with Crippen molar-refractivity contribution in [2.24, 2.45) is 0 Å². The van der Waals surface area contributed by atoms with Gasteiger partial charge in [-0.1, -0.05) is 30.3 Å². The molecule has 1 unspecified atom stereocenters. The summed E-state index contributed by atoms with van der Waals surface area (Å²) < 4.78 is 19.3. The Labute approximate surface area is 104 Å². The first kappa shape index (κ1) is 11.4. The average Bonchev–Trinajstić information content (AvgIpc) is 2.39. The molecule has 2 nitrogen and oxygen atoms in total. The first-order valence-corrected chi connectivity index (χ1v) is 6.06. The summed E-state index contributed by atoms with van der Waals surface area (Å²) in [6, 6.07) is 10.5. The van der Waals surface area contributed by atoms with Crippen LogP contribution in [0.2, 0.25) is 0 Å². The summed E-state index contributed by atoms with van der Waals surface area (Å²) in [4.78, 5) is 11.5. The summed E-state index contributed by atoms with van der Waals surface area (Å²) in [5.74, 6) is -0.0313. The Morgan fingerprint density at radius 3 is 2.72 bits per heavy atom. The monoisotopic (exact) mass is 244 g/mol. The van der Waals surface area contributed by atoms with Crippen LogP contribution >= 0.6 is 0 Å². The van der Waals surface area contributed by atoms with Crippen molar-refractivity contribution < 1.29 is 13.9 Å². The number of Topliss-reactive ketones (excluding diaryl/α,β-unsaturated/α-hetero) is 1. The Morgan fingerprint density at radius 2 is 1.89 bits per heavy atom. The minimum atomic E-state index is -0.239. The Bertz CT molecular complexity index is 606. The highest BCUT2D eigenvalue weighted by molar-refractivity contribution is 5.88. The lowest BCUT2D eigenvalue weighted by atomic mass is 9.95. The van der Waals surface area contributed by atoms with Crippen LogP contribution in [0, 0.1) is 5.82 Å². The van der Waals surface area contributed by atoms with Crippen LogP contribution in [0.4, 0.5) is 4.39 Å². The van der Waals surface area contributed by atoms with E-state index in [0.717, 1.165) is 10.9 Å². The summed E-state index contributed by atoms with van der Waals surface area (Å²) in [6.07, 6.45) is 0.627. The van der Waals surface area contributed by atoms with Gasteiger partial charge in [-0.25, -0.2) is 4.39 Å². The molecule has 1 saturated heterocycles. The molecule has 0 radical (unpaired) electrons. The first-order valence-electron chi connectivity index (χ1n) is 6.06. The molecule has 18 heavy (non-hydrogen) atoms. The van der Waals surface area contributed by atoms with Gasteiger partial charge in [0.05, 0.1) is 12.7 Å². The molecule has 1 fully saturated rings. The third-order valence-corrected chi connectivity index (χ3v) is 3.36. The zero-order valence-electron chi connectivity index (χ0n) is 9.86. The topological polar surface area (TPSA) is 26.3 Å².